The molecule has 0 bridgehead atoms. The number of rotatable bonds is 8. The molecule has 0 fully saturated rings. The van der Waals surface area contributed by atoms with Crippen LogP contribution in [-0.2, 0) is 4.79 Å². The summed E-state index contributed by atoms with van der Waals surface area (Å²) >= 11 is 0. The van der Waals surface area contributed by atoms with Gasteiger partial charge in [-0.25, -0.2) is 0 Å². The van der Waals surface area contributed by atoms with Crippen LogP contribution in [0.25, 0.3) is 0 Å². The Morgan fingerprint density at radius 2 is 2.00 bits per heavy atom. The molecule has 102 valence electrons. The maximum Gasteiger partial charge on any atom is 0.250 e. The van der Waals surface area contributed by atoms with Gasteiger partial charge in [-0.05, 0) is 31.1 Å². The van der Waals surface area contributed by atoms with Gasteiger partial charge in [-0.2, -0.15) is 0 Å². The lowest BCUT2D eigenvalue weighted by Crippen LogP contribution is -2.29. The van der Waals surface area contributed by atoms with Crippen LogP contribution in [0.5, 0.6) is 0 Å². The summed E-state index contributed by atoms with van der Waals surface area (Å²) in [7, 11) is 0. The van der Waals surface area contributed by atoms with Gasteiger partial charge in [-0.3, -0.25) is 4.79 Å². The molecule has 0 heterocycles. The van der Waals surface area contributed by atoms with Crippen LogP contribution < -0.4 is 4.90 Å². The fourth-order valence-corrected chi connectivity index (χ4v) is 1.85. The summed E-state index contributed by atoms with van der Waals surface area (Å²) in [4.78, 5) is 13.9. The van der Waals surface area contributed by atoms with E-state index in [0.29, 0.717) is 6.54 Å². The summed E-state index contributed by atoms with van der Waals surface area (Å²) in [6, 6.07) is 9.69. The molecule has 0 saturated heterocycles. The largest absolute Gasteiger partial charge is 0.305 e. The van der Waals surface area contributed by atoms with E-state index in [1.54, 1.807) is 17.1 Å². The first-order valence-electron chi connectivity index (χ1n) is 6.93. The molecule has 0 aliphatic carbocycles. The van der Waals surface area contributed by atoms with Crippen LogP contribution in [0, 0.1) is 0 Å². The Kier molecular flexibility index (Phi) is 7.33. The van der Waals surface area contributed by atoms with Crippen LogP contribution in [0.4, 0.5) is 5.69 Å². The number of hydrogen-bond acceptors (Lipinski definition) is 1. The molecule has 1 rings (SSSR count). The summed E-state index contributed by atoms with van der Waals surface area (Å²) < 4.78 is 0. The fourth-order valence-electron chi connectivity index (χ4n) is 1.85. The van der Waals surface area contributed by atoms with Crippen molar-refractivity contribution in [3.05, 3.63) is 55.1 Å². The molecule has 19 heavy (non-hydrogen) atoms. The average molecular weight is 257 g/mol. The van der Waals surface area contributed by atoms with E-state index in [9.17, 15) is 4.79 Å². The molecule has 0 saturated carbocycles. The number of unbranched alkanes of at least 4 members (excludes halogenated alkanes) is 3. The average Bonchev–Trinajstić information content (AvgIpc) is 2.45. The van der Waals surface area contributed by atoms with Crippen LogP contribution in [0.3, 0.4) is 0 Å². The highest BCUT2D eigenvalue weighted by atomic mass is 16.2. The summed E-state index contributed by atoms with van der Waals surface area (Å²) in [6.45, 7) is 6.42. The third kappa shape index (κ3) is 5.56. The molecular weight excluding hydrogens is 234 g/mol. The molecule has 1 aromatic rings. The fraction of sp³-hybridized carbons (Fsp3) is 0.353. The monoisotopic (exact) mass is 257 g/mol. The molecule has 0 aliphatic rings. The zero-order valence-electron chi connectivity index (χ0n) is 11.7. The molecule has 1 amide bonds. The number of carbonyl (C=O) groups is 1. The normalized spacial score (nSPS) is 10.6. The summed E-state index contributed by atoms with van der Waals surface area (Å²) in [5.41, 5.74) is 0.908. The summed E-state index contributed by atoms with van der Waals surface area (Å²) in [5, 5.41) is 0. The molecule has 0 aliphatic heterocycles. The molecule has 0 aromatic heterocycles. The SMILES string of the molecule is C=CCN(C(=O)/C=C/CCCCC)c1ccccc1. The van der Waals surface area contributed by atoms with Crippen molar-refractivity contribution in [2.45, 2.75) is 32.6 Å². The van der Waals surface area contributed by atoms with E-state index >= 15 is 0 Å². The second-order valence-electron chi connectivity index (χ2n) is 4.47. The van der Waals surface area contributed by atoms with E-state index in [1.165, 1.54) is 12.8 Å². The lowest BCUT2D eigenvalue weighted by molar-refractivity contribution is -0.114. The van der Waals surface area contributed by atoms with Crippen LogP contribution in [-0.4, -0.2) is 12.5 Å². The smallest absolute Gasteiger partial charge is 0.250 e. The van der Waals surface area contributed by atoms with Crippen molar-refractivity contribution in [3.8, 4) is 0 Å². The number of allylic oxidation sites excluding steroid dienone is 1. The third-order valence-electron chi connectivity index (χ3n) is 2.88. The molecule has 0 unspecified atom stereocenters. The third-order valence-corrected chi connectivity index (χ3v) is 2.88. The minimum absolute atomic E-state index is 0.0163. The molecule has 2 nitrogen and oxygen atoms in total. The number of benzene rings is 1. The van der Waals surface area contributed by atoms with Gasteiger partial charge in [0.1, 0.15) is 0 Å². The number of amides is 1. The van der Waals surface area contributed by atoms with Crippen LogP contribution in [0.2, 0.25) is 0 Å². The van der Waals surface area contributed by atoms with Gasteiger partial charge in [0.05, 0.1) is 0 Å². The Labute approximate surface area is 116 Å². The molecule has 2 heteroatoms. The van der Waals surface area contributed by atoms with Crippen molar-refractivity contribution < 1.29 is 4.79 Å². The Morgan fingerprint density at radius 1 is 1.26 bits per heavy atom. The number of nitrogens with zero attached hydrogens (tertiary/aromatic N) is 1. The predicted molar refractivity (Wildman–Crippen MR) is 82.3 cm³/mol. The van der Waals surface area contributed by atoms with E-state index in [-0.39, 0.29) is 5.91 Å². The van der Waals surface area contributed by atoms with E-state index in [2.05, 4.69) is 13.5 Å². The van der Waals surface area contributed by atoms with Crippen LogP contribution in [0.1, 0.15) is 32.6 Å². The highest BCUT2D eigenvalue weighted by Crippen LogP contribution is 2.13. The van der Waals surface area contributed by atoms with Gasteiger partial charge in [0.25, 0.3) is 5.91 Å². The molecule has 0 N–H and O–H groups in total. The Hall–Kier alpha value is -1.83. The second kappa shape index (κ2) is 9.15. The van der Waals surface area contributed by atoms with Crippen molar-refractivity contribution in [3.63, 3.8) is 0 Å². The van der Waals surface area contributed by atoms with Crippen molar-refractivity contribution in [2.24, 2.45) is 0 Å². The predicted octanol–water partition coefficient (Wildman–Crippen LogP) is 4.34. The Bertz CT molecular complexity index is 409. The quantitative estimate of drug-likeness (QED) is 0.385. The summed E-state index contributed by atoms with van der Waals surface area (Å²) in [6.07, 6.45) is 9.92. The number of carbonyl (C=O) groups excluding carboxylic acids is 1. The first-order valence-corrected chi connectivity index (χ1v) is 6.93. The first-order chi connectivity index (χ1) is 9.29. The van der Waals surface area contributed by atoms with E-state index in [4.69, 9.17) is 0 Å². The molecular formula is C17H23NO. The maximum absolute atomic E-state index is 12.2. The molecule has 0 spiro atoms. The maximum atomic E-state index is 12.2. The Morgan fingerprint density at radius 3 is 2.63 bits per heavy atom. The lowest BCUT2D eigenvalue weighted by Gasteiger charge is -2.19. The van der Waals surface area contributed by atoms with Crippen LogP contribution in [0.15, 0.2) is 55.1 Å². The highest BCUT2D eigenvalue weighted by molar-refractivity contribution is 6.01. The van der Waals surface area contributed by atoms with E-state index in [0.717, 1.165) is 18.5 Å². The number of para-hydroxylation sites is 1. The van der Waals surface area contributed by atoms with Gasteiger partial charge in [-0.15, -0.1) is 6.58 Å². The zero-order valence-corrected chi connectivity index (χ0v) is 11.7. The molecule has 0 atom stereocenters. The van der Waals surface area contributed by atoms with Crippen molar-refractivity contribution in [1.82, 2.24) is 0 Å². The number of hydrogen-bond donors (Lipinski definition) is 0. The summed E-state index contributed by atoms with van der Waals surface area (Å²) in [5.74, 6) is 0.0163. The first kappa shape index (κ1) is 15.2. The Balaban J connectivity index is 2.61. The molecule has 1 aromatic carbocycles. The van der Waals surface area contributed by atoms with Gasteiger partial charge < -0.3 is 4.90 Å². The molecule has 0 radical (unpaired) electrons. The van der Waals surface area contributed by atoms with Gasteiger partial charge in [0.15, 0.2) is 0 Å². The second-order valence-corrected chi connectivity index (χ2v) is 4.47. The lowest BCUT2D eigenvalue weighted by atomic mass is 10.2. The van der Waals surface area contributed by atoms with E-state index in [1.807, 2.05) is 36.4 Å². The van der Waals surface area contributed by atoms with Crippen molar-refractivity contribution in [1.29, 1.82) is 0 Å². The van der Waals surface area contributed by atoms with Crippen molar-refractivity contribution >= 4 is 11.6 Å². The van der Waals surface area contributed by atoms with Gasteiger partial charge in [0.2, 0.25) is 0 Å². The van der Waals surface area contributed by atoms with Crippen molar-refractivity contribution in [2.75, 3.05) is 11.4 Å². The standard InChI is InChI=1S/C17H23NO/c1-3-5-6-7-11-14-17(19)18(15-4-2)16-12-9-8-10-13-16/h4,8-14H,2-3,5-7,15H2,1H3/b14-11+. The highest BCUT2D eigenvalue weighted by Gasteiger charge is 2.10. The van der Waals surface area contributed by atoms with Gasteiger partial charge in [-0.1, -0.05) is 50.1 Å². The van der Waals surface area contributed by atoms with Crippen LogP contribution >= 0.6 is 0 Å². The zero-order chi connectivity index (χ0) is 13.9. The number of anilines is 1. The van der Waals surface area contributed by atoms with E-state index < -0.39 is 0 Å². The van der Waals surface area contributed by atoms with Gasteiger partial charge in [0, 0.05) is 12.2 Å². The minimum Gasteiger partial charge on any atom is -0.305 e. The van der Waals surface area contributed by atoms with Gasteiger partial charge >= 0.3 is 0 Å². The minimum atomic E-state index is 0.0163. The topological polar surface area (TPSA) is 20.3 Å².